The highest BCUT2D eigenvalue weighted by atomic mass is 16.5. The smallest absolute Gasteiger partial charge is 0.231 e. The Morgan fingerprint density at radius 3 is 2.95 bits per heavy atom. The number of nitrogens with two attached hydrogens (primary N) is 1. The lowest BCUT2D eigenvalue weighted by molar-refractivity contribution is -0.126. The monoisotopic (exact) mass is 289 g/mol. The number of carbonyl (C=O) groups excluding carboxylic acids is 2. The van der Waals surface area contributed by atoms with Crippen LogP contribution in [0.4, 0.5) is 0 Å². The van der Waals surface area contributed by atoms with E-state index in [2.05, 4.69) is 10.3 Å². The van der Waals surface area contributed by atoms with Crippen molar-refractivity contribution >= 4 is 11.8 Å². The molecule has 0 radical (unpaired) electrons. The normalized spacial score (nSPS) is 27.5. The maximum atomic E-state index is 12.5. The lowest BCUT2D eigenvalue weighted by Crippen LogP contribution is -2.48. The third-order valence-corrected chi connectivity index (χ3v) is 4.34. The first-order chi connectivity index (χ1) is 10.2. The minimum Gasteiger partial charge on any atom is -0.476 e. The van der Waals surface area contributed by atoms with Gasteiger partial charge in [0.1, 0.15) is 12.5 Å². The molecular weight excluding hydrogens is 270 g/mol. The molecule has 0 saturated heterocycles. The Kier molecular flexibility index (Phi) is 3.77. The quantitative estimate of drug-likeness (QED) is 0.857. The third kappa shape index (κ3) is 2.70. The molecule has 3 rings (SSSR count). The zero-order chi connectivity index (χ0) is 14.8. The van der Waals surface area contributed by atoms with E-state index in [0.29, 0.717) is 12.5 Å². The molecule has 2 heterocycles. The zero-order valence-electron chi connectivity index (χ0n) is 11.7. The molecule has 1 aliphatic carbocycles. The van der Waals surface area contributed by atoms with Crippen LogP contribution in [-0.2, 0) is 9.59 Å². The second-order valence-corrected chi connectivity index (χ2v) is 5.67. The fourth-order valence-electron chi connectivity index (χ4n) is 3.19. The first-order valence-electron chi connectivity index (χ1n) is 7.34. The van der Waals surface area contributed by atoms with Gasteiger partial charge in [0.25, 0.3) is 0 Å². The van der Waals surface area contributed by atoms with Gasteiger partial charge in [-0.25, -0.2) is 4.98 Å². The number of aromatic nitrogens is 1. The van der Waals surface area contributed by atoms with Crippen LogP contribution < -0.4 is 15.8 Å². The summed E-state index contributed by atoms with van der Waals surface area (Å²) >= 11 is 0. The molecule has 6 heteroatoms. The number of nitrogens with zero attached hydrogens (tertiary/aromatic N) is 1. The van der Waals surface area contributed by atoms with Crippen LogP contribution in [0.2, 0.25) is 0 Å². The lowest BCUT2D eigenvalue weighted by Gasteiger charge is -2.30. The number of rotatable bonds is 3. The van der Waals surface area contributed by atoms with E-state index in [1.54, 1.807) is 12.3 Å². The molecule has 2 aliphatic rings. The number of hydrogen-bond donors (Lipinski definition) is 2. The molecule has 3 atom stereocenters. The standard InChI is InChI=1S/C15H19N3O3/c16-13(19)10-4-1-2-6-12(10)18-14(20)11-8-21-15-9(11)5-3-7-17-15/h3,5,7,10-12H,1-2,4,6,8H2,(H2,16,19)(H,18,20). The number of amides is 2. The van der Waals surface area contributed by atoms with Gasteiger partial charge in [0.05, 0.1) is 5.92 Å². The van der Waals surface area contributed by atoms with Crippen LogP contribution in [-0.4, -0.2) is 29.4 Å². The summed E-state index contributed by atoms with van der Waals surface area (Å²) in [4.78, 5) is 28.1. The molecule has 21 heavy (non-hydrogen) atoms. The molecule has 2 amide bonds. The Morgan fingerprint density at radius 2 is 2.14 bits per heavy atom. The molecule has 112 valence electrons. The predicted molar refractivity (Wildman–Crippen MR) is 75.6 cm³/mol. The largest absolute Gasteiger partial charge is 0.476 e. The second-order valence-electron chi connectivity index (χ2n) is 5.67. The van der Waals surface area contributed by atoms with Gasteiger partial charge < -0.3 is 15.8 Å². The van der Waals surface area contributed by atoms with Crippen LogP contribution in [0.25, 0.3) is 0 Å². The Labute approximate surface area is 123 Å². The molecule has 6 nitrogen and oxygen atoms in total. The molecule has 0 spiro atoms. The van der Waals surface area contributed by atoms with E-state index in [-0.39, 0.29) is 29.7 Å². The van der Waals surface area contributed by atoms with E-state index in [0.717, 1.165) is 31.2 Å². The number of hydrogen-bond acceptors (Lipinski definition) is 4. The van der Waals surface area contributed by atoms with Crippen LogP contribution in [0.1, 0.15) is 37.2 Å². The first-order valence-corrected chi connectivity index (χ1v) is 7.34. The van der Waals surface area contributed by atoms with Gasteiger partial charge in [0.2, 0.25) is 17.7 Å². The van der Waals surface area contributed by atoms with Crippen molar-refractivity contribution in [2.45, 2.75) is 37.6 Å². The average Bonchev–Trinajstić information content (AvgIpc) is 2.91. The summed E-state index contributed by atoms with van der Waals surface area (Å²) in [7, 11) is 0. The number of pyridine rings is 1. The summed E-state index contributed by atoms with van der Waals surface area (Å²) in [6.07, 6.45) is 5.18. The van der Waals surface area contributed by atoms with Crippen molar-refractivity contribution in [1.29, 1.82) is 0 Å². The highest BCUT2D eigenvalue weighted by Gasteiger charge is 2.35. The lowest BCUT2D eigenvalue weighted by atomic mass is 9.83. The van der Waals surface area contributed by atoms with E-state index in [9.17, 15) is 9.59 Å². The summed E-state index contributed by atoms with van der Waals surface area (Å²) in [6.45, 7) is 0.298. The molecule has 1 aliphatic heterocycles. The van der Waals surface area contributed by atoms with Crippen molar-refractivity contribution in [3.8, 4) is 5.88 Å². The van der Waals surface area contributed by atoms with Crippen molar-refractivity contribution in [1.82, 2.24) is 10.3 Å². The fraction of sp³-hybridized carbons (Fsp3) is 0.533. The maximum absolute atomic E-state index is 12.5. The number of nitrogens with one attached hydrogen (secondary N) is 1. The summed E-state index contributed by atoms with van der Waals surface area (Å²) in [5.74, 6) is -0.542. The van der Waals surface area contributed by atoms with Gasteiger partial charge in [0, 0.05) is 17.8 Å². The first kappa shape index (κ1) is 13.9. The Bertz CT molecular complexity index is 561. The van der Waals surface area contributed by atoms with Crippen molar-refractivity contribution in [2.75, 3.05) is 6.61 Å². The SMILES string of the molecule is NC(=O)C1CCCCC1NC(=O)C1COc2ncccc21. The van der Waals surface area contributed by atoms with Crippen LogP contribution >= 0.6 is 0 Å². The average molecular weight is 289 g/mol. The fourth-order valence-corrected chi connectivity index (χ4v) is 3.19. The summed E-state index contributed by atoms with van der Waals surface area (Å²) in [5, 5.41) is 2.99. The molecule has 3 unspecified atom stereocenters. The second kappa shape index (κ2) is 5.71. The van der Waals surface area contributed by atoms with Gasteiger partial charge in [-0.1, -0.05) is 18.9 Å². The van der Waals surface area contributed by atoms with Crippen LogP contribution in [0, 0.1) is 5.92 Å². The Hall–Kier alpha value is -2.11. The third-order valence-electron chi connectivity index (χ3n) is 4.34. The number of primary amides is 1. The van der Waals surface area contributed by atoms with Gasteiger partial charge in [-0.3, -0.25) is 9.59 Å². The van der Waals surface area contributed by atoms with Crippen molar-refractivity contribution in [3.63, 3.8) is 0 Å². The van der Waals surface area contributed by atoms with Gasteiger partial charge in [-0.05, 0) is 18.9 Å². The van der Waals surface area contributed by atoms with Crippen LogP contribution in [0.5, 0.6) is 5.88 Å². The molecule has 0 aromatic carbocycles. The highest BCUT2D eigenvalue weighted by molar-refractivity contribution is 5.86. The van der Waals surface area contributed by atoms with E-state index < -0.39 is 0 Å². The summed E-state index contributed by atoms with van der Waals surface area (Å²) in [5.41, 5.74) is 6.25. The molecule has 0 bridgehead atoms. The Balaban J connectivity index is 1.70. The van der Waals surface area contributed by atoms with E-state index in [4.69, 9.17) is 10.5 Å². The molecular formula is C15H19N3O3. The minimum atomic E-state index is -0.357. The zero-order valence-corrected chi connectivity index (χ0v) is 11.7. The summed E-state index contributed by atoms with van der Waals surface area (Å²) < 4.78 is 5.43. The summed E-state index contributed by atoms with van der Waals surface area (Å²) in [6, 6.07) is 3.48. The van der Waals surface area contributed by atoms with E-state index in [1.807, 2.05) is 6.07 Å². The maximum Gasteiger partial charge on any atom is 0.231 e. The van der Waals surface area contributed by atoms with E-state index >= 15 is 0 Å². The Morgan fingerprint density at radius 1 is 1.33 bits per heavy atom. The van der Waals surface area contributed by atoms with Crippen molar-refractivity contribution < 1.29 is 14.3 Å². The topological polar surface area (TPSA) is 94.3 Å². The number of fused-ring (bicyclic) bond motifs is 1. The van der Waals surface area contributed by atoms with Gasteiger partial charge in [-0.15, -0.1) is 0 Å². The van der Waals surface area contributed by atoms with Crippen LogP contribution in [0.3, 0.4) is 0 Å². The van der Waals surface area contributed by atoms with Gasteiger partial charge in [-0.2, -0.15) is 0 Å². The molecule has 1 aromatic heterocycles. The number of ether oxygens (including phenoxy) is 1. The number of carbonyl (C=O) groups is 2. The predicted octanol–water partition coefficient (Wildman–Crippen LogP) is 0.718. The molecule has 1 saturated carbocycles. The molecule has 1 fully saturated rings. The van der Waals surface area contributed by atoms with Gasteiger partial charge >= 0.3 is 0 Å². The van der Waals surface area contributed by atoms with E-state index in [1.165, 1.54) is 0 Å². The molecule has 3 N–H and O–H groups in total. The molecule has 1 aromatic rings. The van der Waals surface area contributed by atoms with Gasteiger partial charge in [0.15, 0.2) is 0 Å². The van der Waals surface area contributed by atoms with Crippen molar-refractivity contribution in [3.05, 3.63) is 23.9 Å². The highest BCUT2D eigenvalue weighted by Crippen LogP contribution is 2.32. The van der Waals surface area contributed by atoms with Crippen molar-refractivity contribution in [2.24, 2.45) is 11.7 Å². The van der Waals surface area contributed by atoms with Crippen LogP contribution in [0.15, 0.2) is 18.3 Å². The minimum absolute atomic E-state index is 0.111.